The van der Waals surface area contributed by atoms with Crippen LogP contribution in [-0.4, -0.2) is 84.6 Å². The average molecular weight is 397 g/mol. The van der Waals surface area contributed by atoms with Crippen molar-refractivity contribution in [2.45, 2.75) is 6.42 Å². The number of ether oxygens (including phenoxy) is 1. The Morgan fingerprint density at radius 2 is 1.93 bits per heavy atom. The van der Waals surface area contributed by atoms with Crippen molar-refractivity contribution in [3.63, 3.8) is 0 Å². The highest BCUT2D eigenvalue weighted by Crippen LogP contribution is 2.07. The zero-order valence-electron chi connectivity index (χ0n) is 16.7. The molecule has 154 valence electrons. The number of pyridine rings is 2. The maximum Gasteiger partial charge on any atom is 0.269 e. The Morgan fingerprint density at radius 3 is 2.69 bits per heavy atom. The predicted octanol–water partition coefficient (Wildman–Crippen LogP) is 0.853. The minimum absolute atomic E-state index is 0.135. The van der Waals surface area contributed by atoms with Gasteiger partial charge in [0.15, 0.2) is 0 Å². The maximum absolute atomic E-state index is 12.7. The molecule has 0 radical (unpaired) electrons. The summed E-state index contributed by atoms with van der Waals surface area (Å²) in [7, 11) is 1.76. The van der Waals surface area contributed by atoms with Crippen LogP contribution in [0.15, 0.2) is 42.9 Å². The van der Waals surface area contributed by atoms with Gasteiger partial charge in [0.2, 0.25) is 0 Å². The summed E-state index contributed by atoms with van der Waals surface area (Å²) in [4.78, 5) is 37.1. The van der Waals surface area contributed by atoms with Crippen LogP contribution in [-0.2, 0) is 11.2 Å². The number of hydrogen-bond donors (Lipinski definition) is 1. The standard InChI is InChI=1S/C21H27N5O3/c1-25(10-5-17-2-6-22-7-3-17)21(28)18-4-8-23-19(16-18)20(27)24-9-11-26-12-14-29-15-13-26/h2-4,6-8,16H,5,9-15H2,1H3,(H,24,27). The second-order valence-corrected chi connectivity index (χ2v) is 6.97. The minimum Gasteiger partial charge on any atom is -0.379 e. The van der Waals surface area contributed by atoms with Gasteiger partial charge in [-0.1, -0.05) is 0 Å². The fraction of sp³-hybridized carbons (Fsp3) is 0.429. The third kappa shape index (κ3) is 6.33. The number of hydrogen-bond acceptors (Lipinski definition) is 6. The van der Waals surface area contributed by atoms with E-state index in [1.165, 1.54) is 6.20 Å². The van der Waals surface area contributed by atoms with Gasteiger partial charge in [0.1, 0.15) is 5.69 Å². The Kier molecular flexibility index (Phi) is 7.66. The molecule has 1 aliphatic rings. The van der Waals surface area contributed by atoms with Crippen molar-refractivity contribution in [2.75, 3.05) is 53.0 Å². The summed E-state index contributed by atoms with van der Waals surface area (Å²) < 4.78 is 5.32. The first-order valence-corrected chi connectivity index (χ1v) is 9.82. The molecule has 2 aromatic heterocycles. The van der Waals surface area contributed by atoms with Gasteiger partial charge >= 0.3 is 0 Å². The van der Waals surface area contributed by atoms with E-state index in [1.54, 1.807) is 36.5 Å². The molecular weight excluding hydrogens is 370 g/mol. The molecule has 1 fully saturated rings. The Labute approximate surface area is 170 Å². The molecule has 1 N–H and O–H groups in total. The smallest absolute Gasteiger partial charge is 0.269 e. The molecule has 8 heteroatoms. The molecule has 2 aromatic rings. The molecule has 0 bridgehead atoms. The SMILES string of the molecule is CN(CCc1ccncc1)C(=O)c1ccnc(C(=O)NCCN2CCOCC2)c1. The summed E-state index contributed by atoms with van der Waals surface area (Å²) >= 11 is 0. The van der Waals surface area contributed by atoms with E-state index in [9.17, 15) is 9.59 Å². The largest absolute Gasteiger partial charge is 0.379 e. The van der Waals surface area contributed by atoms with E-state index in [4.69, 9.17) is 4.74 Å². The topological polar surface area (TPSA) is 87.7 Å². The van der Waals surface area contributed by atoms with Crippen LogP contribution >= 0.6 is 0 Å². The Morgan fingerprint density at radius 1 is 1.17 bits per heavy atom. The molecule has 1 aliphatic heterocycles. The number of morpholine rings is 1. The fourth-order valence-electron chi connectivity index (χ4n) is 3.10. The van der Waals surface area contributed by atoms with Crippen LogP contribution in [0.3, 0.4) is 0 Å². The van der Waals surface area contributed by atoms with E-state index >= 15 is 0 Å². The van der Waals surface area contributed by atoms with Crippen LogP contribution in [0.1, 0.15) is 26.4 Å². The van der Waals surface area contributed by atoms with E-state index in [-0.39, 0.29) is 17.5 Å². The van der Waals surface area contributed by atoms with Crippen molar-refractivity contribution in [3.8, 4) is 0 Å². The first-order chi connectivity index (χ1) is 14.1. The van der Waals surface area contributed by atoms with Gasteiger partial charge in [-0.25, -0.2) is 0 Å². The number of amides is 2. The van der Waals surface area contributed by atoms with Crippen molar-refractivity contribution in [2.24, 2.45) is 0 Å². The van der Waals surface area contributed by atoms with Crippen LogP contribution < -0.4 is 5.32 Å². The molecule has 8 nitrogen and oxygen atoms in total. The number of carbonyl (C=O) groups is 2. The minimum atomic E-state index is -0.271. The lowest BCUT2D eigenvalue weighted by Gasteiger charge is -2.26. The lowest BCUT2D eigenvalue weighted by atomic mass is 10.1. The van der Waals surface area contributed by atoms with Gasteiger partial charge in [-0.15, -0.1) is 0 Å². The van der Waals surface area contributed by atoms with Crippen LogP contribution in [0.4, 0.5) is 0 Å². The summed E-state index contributed by atoms with van der Waals surface area (Å²) in [6.45, 7) is 5.10. The zero-order chi connectivity index (χ0) is 20.5. The number of carbonyl (C=O) groups excluding carboxylic acids is 2. The second-order valence-electron chi connectivity index (χ2n) is 6.97. The fourth-order valence-corrected chi connectivity index (χ4v) is 3.10. The van der Waals surface area contributed by atoms with E-state index in [0.717, 1.165) is 44.8 Å². The highest BCUT2D eigenvalue weighted by atomic mass is 16.5. The predicted molar refractivity (Wildman–Crippen MR) is 109 cm³/mol. The highest BCUT2D eigenvalue weighted by molar-refractivity contribution is 5.98. The summed E-state index contributed by atoms with van der Waals surface area (Å²) in [6, 6.07) is 7.05. The van der Waals surface area contributed by atoms with Crippen molar-refractivity contribution in [1.82, 2.24) is 25.1 Å². The Balaban J connectivity index is 1.50. The number of nitrogens with zero attached hydrogens (tertiary/aromatic N) is 4. The zero-order valence-corrected chi connectivity index (χ0v) is 16.7. The second kappa shape index (κ2) is 10.6. The number of nitrogens with one attached hydrogen (secondary N) is 1. The summed E-state index contributed by atoms with van der Waals surface area (Å²) in [5, 5.41) is 2.87. The first kappa shape index (κ1) is 20.9. The van der Waals surface area contributed by atoms with E-state index in [0.29, 0.717) is 18.7 Å². The first-order valence-electron chi connectivity index (χ1n) is 9.82. The molecule has 3 rings (SSSR count). The van der Waals surface area contributed by atoms with Crippen molar-refractivity contribution in [3.05, 3.63) is 59.7 Å². The third-order valence-corrected chi connectivity index (χ3v) is 4.89. The number of rotatable bonds is 8. The molecule has 2 amide bonds. The van der Waals surface area contributed by atoms with E-state index < -0.39 is 0 Å². The van der Waals surface area contributed by atoms with Gasteiger partial charge in [0.05, 0.1) is 13.2 Å². The van der Waals surface area contributed by atoms with Gasteiger partial charge in [0, 0.05) is 63.9 Å². The maximum atomic E-state index is 12.7. The monoisotopic (exact) mass is 397 g/mol. The summed E-state index contributed by atoms with van der Waals surface area (Å²) in [5.41, 5.74) is 1.82. The lowest BCUT2D eigenvalue weighted by molar-refractivity contribution is 0.0383. The van der Waals surface area contributed by atoms with Crippen LogP contribution in [0, 0.1) is 0 Å². The quantitative estimate of drug-likeness (QED) is 0.711. The number of likely N-dealkylation sites (N-methyl/N-ethyl adjacent to an activating group) is 1. The van der Waals surface area contributed by atoms with Crippen molar-refractivity contribution in [1.29, 1.82) is 0 Å². The lowest BCUT2D eigenvalue weighted by Crippen LogP contribution is -2.41. The molecule has 0 saturated carbocycles. The average Bonchev–Trinajstić information content (AvgIpc) is 2.78. The van der Waals surface area contributed by atoms with E-state index in [2.05, 4.69) is 20.2 Å². The van der Waals surface area contributed by atoms with Gasteiger partial charge in [0.25, 0.3) is 11.8 Å². The van der Waals surface area contributed by atoms with Crippen molar-refractivity contribution >= 4 is 11.8 Å². The molecule has 0 atom stereocenters. The van der Waals surface area contributed by atoms with Gasteiger partial charge in [-0.3, -0.25) is 24.5 Å². The molecule has 29 heavy (non-hydrogen) atoms. The highest BCUT2D eigenvalue weighted by Gasteiger charge is 2.16. The summed E-state index contributed by atoms with van der Waals surface area (Å²) in [6.07, 6.45) is 5.72. The summed E-state index contributed by atoms with van der Waals surface area (Å²) in [5.74, 6) is -0.406. The molecule has 0 unspecified atom stereocenters. The molecule has 0 aliphatic carbocycles. The van der Waals surface area contributed by atoms with Crippen LogP contribution in [0.5, 0.6) is 0 Å². The molecule has 1 saturated heterocycles. The van der Waals surface area contributed by atoms with Gasteiger partial charge < -0.3 is 15.0 Å². The Bertz CT molecular complexity index is 809. The van der Waals surface area contributed by atoms with Crippen LogP contribution in [0.2, 0.25) is 0 Å². The molecule has 3 heterocycles. The normalized spacial score (nSPS) is 14.4. The van der Waals surface area contributed by atoms with Crippen molar-refractivity contribution < 1.29 is 14.3 Å². The molecule has 0 spiro atoms. The molecular formula is C21H27N5O3. The van der Waals surface area contributed by atoms with Gasteiger partial charge in [-0.2, -0.15) is 0 Å². The molecule has 0 aromatic carbocycles. The third-order valence-electron chi connectivity index (χ3n) is 4.89. The van der Waals surface area contributed by atoms with E-state index in [1.807, 2.05) is 12.1 Å². The van der Waals surface area contributed by atoms with Crippen LogP contribution in [0.25, 0.3) is 0 Å². The number of aromatic nitrogens is 2. The Hall–Kier alpha value is -2.84. The van der Waals surface area contributed by atoms with Gasteiger partial charge in [-0.05, 0) is 36.2 Å².